The predicted molar refractivity (Wildman–Crippen MR) is 116 cm³/mol. The summed E-state index contributed by atoms with van der Waals surface area (Å²) < 4.78 is 10.5. The van der Waals surface area contributed by atoms with Gasteiger partial charge in [-0.2, -0.15) is 0 Å². The lowest BCUT2D eigenvalue weighted by atomic mass is 9.95. The first kappa shape index (κ1) is 21.0. The first-order valence-electron chi connectivity index (χ1n) is 9.31. The van der Waals surface area contributed by atoms with Gasteiger partial charge in [0.05, 0.1) is 31.5 Å². The zero-order chi connectivity index (χ0) is 22.1. The lowest BCUT2D eigenvalue weighted by Crippen LogP contribution is -2.29. The van der Waals surface area contributed by atoms with Gasteiger partial charge < -0.3 is 19.2 Å². The highest BCUT2D eigenvalue weighted by molar-refractivity contribution is 6.47. The van der Waals surface area contributed by atoms with Crippen molar-refractivity contribution in [3.05, 3.63) is 93.4 Å². The van der Waals surface area contributed by atoms with E-state index in [1.165, 1.54) is 24.3 Å². The second kappa shape index (κ2) is 8.49. The zero-order valence-electron chi connectivity index (χ0n) is 16.3. The molecule has 0 saturated carbocycles. The summed E-state index contributed by atoms with van der Waals surface area (Å²) in [6.07, 6.45) is 1.48. The number of aliphatic hydroxyl groups is 1. The summed E-state index contributed by atoms with van der Waals surface area (Å²) in [7, 11) is 1.53. The number of carbonyl (C=O) groups is 2. The van der Waals surface area contributed by atoms with Gasteiger partial charge in [-0.05, 0) is 54.1 Å². The standard InChI is InChI=1S/C23H17Cl2NO5/c1-30-15-7-4-13(5-8-15)21(27)19-20(17-9-6-14(24)11-18(17)25)26(23(29)22(19)28)12-16-3-2-10-31-16/h2-11,20,27H,12H2,1H3/t20-/m1/s1. The van der Waals surface area contributed by atoms with Gasteiger partial charge in [0.1, 0.15) is 17.3 Å². The molecule has 1 saturated heterocycles. The minimum Gasteiger partial charge on any atom is -0.507 e. The van der Waals surface area contributed by atoms with Crippen molar-refractivity contribution in [2.45, 2.75) is 12.6 Å². The van der Waals surface area contributed by atoms with Crippen molar-refractivity contribution in [2.24, 2.45) is 0 Å². The number of ether oxygens (including phenoxy) is 1. The number of Topliss-reactive ketones (excluding diaryl/α,β-unsaturated/α-hetero) is 1. The number of halogens is 2. The smallest absolute Gasteiger partial charge is 0.296 e. The van der Waals surface area contributed by atoms with E-state index < -0.39 is 17.7 Å². The molecule has 3 aromatic rings. The van der Waals surface area contributed by atoms with Crippen LogP contribution in [-0.2, 0) is 16.1 Å². The minimum atomic E-state index is -0.919. The van der Waals surface area contributed by atoms with Crippen LogP contribution in [0, 0.1) is 0 Å². The van der Waals surface area contributed by atoms with Crippen LogP contribution in [0.15, 0.2) is 70.9 Å². The van der Waals surface area contributed by atoms with Crippen LogP contribution in [-0.4, -0.2) is 28.8 Å². The summed E-state index contributed by atoms with van der Waals surface area (Å²) in [6.45, 7) is 0.0284. The van der Waals surface area contributed by atoms with Crippen molar-refractivity contribution in [3.8, 4) is 5.75 Å². The largest absolute Gasteiger partial charge is 0.507 e. The topological polar surface area (TPSA) is 80.0 Å². The van der Waals surface area contributed by atoms with Gasteiger partial charge in [0.15, 0.2) is 0 Å². The number of carbonyl (C=O) groups excluding carboxylic acids is 2. The van der Waals surface area contributed by atoms with Crippen molar-refractivity contribution in [3.63, 3.8) is 0 Å². The molecule has 8 heteroatoms. The molecule has 1 atom stereocenters. The fourth-order valence-electron chi connectivity index (χ4n) is 3.56. The SMILES string of the molecule is COc1ccc(C(O)=C2C(=O)C(=O)N(Cc3ccco3)[C@@H]2c2ccc(Cl)cc2Cl)cc1. The number of furan rings is 1. The molecule has 0 bridgehead atoms. The first-order chi connectivity index (χ1) is 14.9. The third-order valence-electron chi connectivity index (χ3n) is 5.07. The molecule has 1 aromatic heterocycles. The van der Waals surface area contributed by atoms with Crippen LogP contribution in [0.4, 0.5) is 0 Å². The third kappa shape index (κ3) is 3.92. The quantitative estimate of drug-likeness (QED) is 0.322. The van der Waals surface area contributed by atoms with E-state index in [4.69, 9.17) is 32.4 Å². The molecule has 1 N–H and O–H groups in total. The number of methoxy groups -OCH3 is 1. The van der Waals surface area contributed by atoms with Gasteiger partial charge in [0, 0.05) is 15.6 Å². The van der Waals surface area contributed by atoms with Gasteiger partial charge >= 0.3 is 0 Å². The number of nitrogens with zero attached hydrogens (tertiary/aromatic N) is 1. The van der Waals surface area contributed by atoms with Crippen LogP contribution in [0.25, 0.3) is 5.76 Å². The maximum absolute atomic E-state index is 13.0. The van der Waals surface area contributed by atoms with Gasteiger partial charge in [-0.25, -0.2) is 0 Å². The molecule has 4 rings (SSSR count). The molecule has 0 radical (unpaired) electrons. The average Bonchev–Trinajstić information content (AvgIpc) is 3.36. The van der Waals surface area contributed by atoms with Crippen LogP contribution in [0.5, 0.6) is 5.75 Å². The number of hydrogen-bond donors (Lipinski definition) is 1. The lowest BCUT2D eigenvalue weighted by molar-refractivity contribution is -0.140. The molecule has 0 spiro atoms. The Morgan fingerprint density at radius 1 is 1.13 bits per heavy atom. The van der Waals surface area contributed by atoms with Crippen LogP contribution < -0.4 is 4.74 Å². The second-order valence-electron chi connectivity index (χ2n) is 6.90. The molecular formula is C23H17Cl2NO5. The molecule has 6 nitrogen and oxygen atoms in total. The monoisotopic (exact) mass is 457 g/mol. The molecule has 0 aliphatic carbocycles. The molecule has 0 unspecified atom stereocenters. The predicted octanol–water partition coefficient (Wildman–Crippen LogP) is 5.22. The number of rotatable bonds is 5. The highest BCUT2D eigenvalue weighted by atomic mass is 35.5. The van der Waals surface area contributed by atoms with E-state index in [0.717, 1.165) is 0 Å². The Hall–Kier alpha value is -3.22. The van der Waals surface area contributed by atoms with Gasteiger partial charge in [0.25, 0.3) is 11.7 Å². The third-order valence-corrected chi connectivity index (χ3v) is 5.63. The summed E-state index contributed by atoms with van der Waals surface area (Å²) in [6, 6.07) is 13.8. The van der Waals surface area contributed by atoms with Crippen molar-refractivity contribution >= 4 is 40.7 Å². The number of amides is 1. The molecule has 2 heterocycles. The van der Waals surface area contributed by atoms with Crippen molar-refractivity contribution in [1.29, 1.82) is 0 Å². The molecule has 1 aliphatic heterocycles. The highest BCUT2D eigenvalue weighted by Crippen LogP contribution is 2.43. The maximum atomic E-state index is 13.0. The van der Waals surface area contributed by atoms with Crippen molar-refractivity contribution in [1.82, 2.24) is 4.90 Å². The summed E-state index contributed by atoms with van der Waals surface area (Å²) in [5.41, 5.74) is 0.768. The van der Waals surface area contributed by atoms with E-state index in [1.807, 2.05) is 0 Å². The summed E-state index contributed by atoms with van der Waals surface area (Å²) in [5, 5.41) is 11.7. The van der Waals surface area contributed by atoms with E-state index in [9.17, 15) is 14.7 Å². The lowest BCUT2D eigenvalue weighted by Gasteiger charge is -2.25. The van der Waals surface area contributed by atoms with Crippen LogP contribution in [0.3, 0.4) is 0 Å². The normalized spacial score (nSPS) is 17.9. The van der Waals surface area contributed by atoms with E-state index >= 15 is 0 Å². The van der Waals surface area contributed by atoms with Crippen molar-refractivity contribution < 1.29 is 23.8 Å². The van der Waals surface area contributed by atoms with Gasteiger partial charge in [0.2, 0.25) is 0 Å². The van der Waals surface area contributed by atoms with Gasteiger partial charge in [-0.3, -0.25) is 9.59 Å². The number of aliphatic hydroxyl groups excluding tert-OH is 1. The zero-order valence-corrected chi connectivity index (χ0v) is 17.9. The summed E-state index contributed by atoms with van der Waals surface area (Å²) in [4.78, 5) is 27.3. The molecule has 1 amide bonds. The highest BCUT2D eigenvalue weighted by Gasteiger charge is 2.47. The average molecular weight is 458 g/mol. The van der Waals surface area contributed by atoms with E-state index in [0.29, 0.717) is 27.7 Å². The molecule has 2 aromatic carbocycles. The Morgan fingerprint density at radius 3 is 2.48 bits per heavy atom. The molecule has 1 aliphatic rings. The number of benzene rings is 2. The van der Waals surface area contributed by atoms with Crippen LogP contribution in [0.1, 0.15) is 22.9 Å². The van der Waals surface area contributed by atoms with Crippen LogP contribution in [0.2, 0.25) is 10.0 Å². The number of hydrogen-bond acceptors (Lipinski definition) is 5. The van der Waals surface area contributed by atoms with E-state index in [-0.39, 0.29) is 22.9 Å². The molecule has 1 fully saturated rings. The number of likely N-dealkylation sites (tertiary alicyclic amines) is 1. The summed E-state index contributed by atoms with van der Waals surface area (Å²) in [5.74, 6) is -0.800. The van der Waals surface area contributed by atoms with E-state index in [2.05, 4.69) is 0 Å². The van der Waals surface area contributed by atoms with Gasteiger partial charge in [-0.15, -0.1) is 0 Å². The summed E-state index contributed by atoms with van der Waals surface area (Å²) >= 11 is 12.5. The Balaban J connectivity index is 1.88. The second-order valence-corrected chi connectivity index (χ2v) is 7.74. The van der Waals surface area contributed by atoms with E-state index in [1.54, 1.807) is 48.5 Å². The first-order valence-corrected chi connectivity index (χ1v) is 10.1. The van der Waals surface area contributed by atoms with Crippen molar-refractivity contribution in [2.75, 3.05) is 7.11 Å². The fraction of sp³-hybridized carbons (Fsp3) is 0.130. The van der Waals surface area contributed by atoms with Crippen LogP contribution >= 0.6 is 23.2 Å². The fourth-order valence-corrected chi connectivity index (χ4v) is 4.08. The maximum Gasteiger partial charge on any atom is 0.296 e. The Bertz CT molecular complexity index is 1170. The Kier molecular flexibility index (Phi) is 5.76. The molecular weight excluding hydrogens is 441 g/mol. The Labute approximate surface area is 188 Å². The number of ketones is 1. The molecule has 31 heavy (non-hydrogen) atoms. The molecule has 158 valence electrons. The minimum absolute atomic E-state index is 0.0284. The Morgan fingerprint density at radius 2 is 1.87 bits per heavy atom. The van der Waals surface area contributed by atoms with Gasteiger partial charge in [-0.1, -0.05) is 29.3 Å².